The highest BCUT2D eigenvalue weighted by Gasteiger charge is 2.36. The van der Waals surface area contributed by atoms with E-state index < -0.39 is 0 Å². The van der Waals surface area contributed by atoms with Gasteiger partial charge < -0.3 is 9.80 Å². The molecule has 0 radical (unpaired) electrons. The van der Waals surface area contributed by atoms with Gasteiger partial charge in [0.1, 0.15) is 0 Å². The van der Waals surface area contributed by atoms with Gasteiger partial charge in [0.2, 0.25) is 11.8 Å². The van der Waals surface area contributed by atoms with Crippen molar-refractivity contribution in [3.63, 3.8) is 0 Å². The maximum Gasteiger partial charge on any atom is 0.245 e. The standard InChI is InChI=1S/C18H25IN4O2/c1-3-16(24)22-9-6-7-13(11-22)18(25)23-10-5-4-8-15(23)17-14(19)12-21(2)20-17/h3,12-13,15H,1,4-11H2,2H3. The van der Waals surface area contributed by atoms with Gasteiger partial charge >= 0.3 is 0 Å². The van der Waals surface area contributed by atoms with E-state index in [4.69, 9.17) is 0 Å². The highest BCUT2D eigenvalue weighted by atomic mass is 127. The molecule has 2 aliphatic heterocycles. The number of aryl methyl sites for hydroxylation is 1. The Hall–Kier alpha value is -1.38. The fraction of sp³-hybridized carbons (Fsp3) is 0.611. The number of nitrogens with zero attached hydrogens (tertiary/aromatic N) is 4. The van der Waals surface area contributed by atoms with Gasteiger partial charge in [0.05, 0.1) is 21.2 Å². The minimum atomic E-state index is -0.111. The Morgan fingerprint density at radius 1 is 1.28 bits per heavy atom. The number of halogens is 1. The van der Waals surface area contributed by atoms with Crippen molar-refractivity contribution in [3.05, 3.63) is 28.1 Å². The van der Waals surface area contributed by atoms with E-state index in [1.54, 1.807) is 4.90 Å². The number of piperidine rings is 2. The summed E-state index contributed by atoms with van der Waals surface area (Å²) in [5, 5.41) is 4.61. The predicted octanol–water partition coefficient (Wildman–Crippen LogP) is 2.50. The topological polar surface area (TPSA) is 58.4 Å². The van der Waals surface area contributed by atoms with Crippen molar-refractivity contribution < 1.29 is 9.59 Å². The van der Waals surface area contributed by atoms with Gasteiger partial charge in [0.25, 0.3) is 0 Å². The Bertz CT molecular complexity index is 672. The minimum Gasteiger partial charge on any atom is -0.338 e. The minimum absolute atomic E-state index is 0.0554. The van der Waals surface area contributed by atoms with Crippen LogP contribution in [0.25, 0.3) is 0 Å². The second-order valence-corrected chi connectivity index (χ2v) is 8.07. The second-order valence-electron chi connectivity index (χ2n) is 6.91. The normalized spacial score (nSPS) is 24.2. The summed E-state index contributed by atoms with van der Waals surface area (Å²) >= 11 is 2.30. The van der Waals surface area contributed by atoms with Crippen LogP contribution in [0.15, 0.2) is 18.9 Å². The molecule has 3 rings (SSSR count). The molecule has 0 aromatic carbocycles. The quantitative estimate of drug-likeness (QED) is 0.519. The molecule has 25 heavy (non-hydrogen) atoms. The summed E-state index contributed by atoms with van der Waals surface area (Å²) in [6.07, 6.45) is 8.17. The molecule has 0 saturated carbocycles. The largest absolute Gasteiger partial charge is 0.338 e. The highest BCUT2D eigenvalue weighted by Crippen LogP contribution is 2.34. The molecule has 1 aromatic rings. The molecule has 2 aliphatic rings. The van der Waals surface area contributed by atoms with Gasteiger partial charge in [-0.2, -0.15) is 5.10 Å². The lowest BCUT2D eigenvalue weighted by atomic mass is 9.92. The van der Waals surface area contributed by atoms with E-state index in [1.165, 1.54) is 6.08 Å². The maximum absolute atomic E-state index is 13.2. The first-order valence-corrected chi connectivity index (χ1v) is 10.00. The first kappa shape index (κ1) is 18.4. The van der Waals surface area contributed by atoms with Crippen molar-refractivity contribution in [2.45, 2.75) is 38.1 Å². The number of hydrogen-bond donors (Lipinski definition) is 0. The summed E-state index contributed by atoms with van der Waals surface area (Å²) in [5.74, 6) is -0.0145. The molecule has 2 saturated heterocycles. The summed E-state index contributed by atoms with van der Waals surface area (Å²) in [6.45, 7) is 5.57. The summed E-state index contributed by atoms with van der Waals surface area (Å²) in [4.78, 5) is 28.9. The van der Waals surface area contributed by atoms with Crippen LogP contribution in [0.1, 0.15) is 43.8 Å². The smallest absolute Gasteiger partial charge is 0.245 e. The van der Waals surface area contributed by atoms with Gasteiger partial charge in [-0.15, -0.1) is 0 Å². The molecule has 3 heterocycles. The molecule has 2 atom stereocenters. The molecule has 2 fully saturated rings. The number of likely N-dealkylation sites (tertiary alicyclic amines) is 2. The first-order valence-electron chi connectivity index (χ1n) is 8.92. The fourth-order valence-electron chi connectivity index (χ4n) is 3.92. The van der Waals surface area contributed by atoms with E-state index in [0.717, 1.165) is 54.5 Å². The van der Waals surface area contributed by atoms with Crippen LogP contribution in [0.2, 0.25) is 0 Å². The van der Waals surface area contributed by atoms with Crippen LogP contribution >= 0.6 is 22.6 Å². The van der Waals surface area contributed by atoms with Crippen LogP contribution in [0, 0.1) is 9.49 Å². The third-order valence-corrected chi connectivity index (χ3v) is 6.00. The van der Waals surface area contributed by atoms with Gasteiger partial charge in [-0.05, 0) is 60.8 Å². The molecule has 2 amide bonds. The van der Waals surface area contributed by atoms with Crippen molar-refractivity contribution in [2.75, 3.05) is 19.6 Å². The lowest BCUT2D eigenvalue weighted by molar-refractivity contribution is -0.143. The monoisotopic (exact) mass is 456 g/mol. The average Bonchev–Trinajstić information content (AvgIpc) is 2.98. The van der Waals surface area contributed by atoms with Crippen molar-refractivity contribution in [1.29, 1.82) is 0 Å². The summed E-state index contributed by atoms with van der Waals surface area (Å²) in [6, 6.07) is 0.0554. The highest BCUT2D eigenvalue weighted by molar-refractivity contribution is 14.1. The van der Waals surface area contributed by atoms with Crippen LogP contribution in [-0.2, 0) is 16.6 Å². The molecule has 0 aliphatic carbocycles. The van der Waals surface area contributed by atoms with Crippen molar-refractivity contribution in [1.82, 2.24) is 19.6 Å². The molecular weight excluding hydrogens is 431 g/mol. The van der Waals surface area contributed by atoms with Crippen LogP contribution in [-0.4, -0.2) is 51.0 Å². The SMILES string of the molecule is C=CC(=O)N1CCCC(C(=O)N2CCCCC2c2nn(C)cc2I)C1. The lowest BCUT2D eigenvalue weighted by Crippen LogP contribution is -2.48. The summed E-state index contributed by atoms with van der Waals surface area (Å²) < 4.78 is 2.93. The number of aromatic nitrogens is 2. The van der Waals surface area contributed by atoms with Gasteiger partial charge in [0, 0.05) is 32.9 Å². The van der Waals surface area contributed by atoms with E-state index in [2.05, 4.69) is 34.3 Å². The average molecular weight is 456 g/mol. The third kappa shape index (κ3) is 3.91. The number of rotatable bonds is 3. The summed E-state index contributed by atoms with van der Waals surface area (Å²) in [5.41, 5.74) is 1.01. The molecule has 0 spiro atoms. The van der Waals surface area contributed by atoms with Crippen LogP contribution in [0.5, 0.6) is 0 Å². The van der Waals surface area contributed by atoms with E-state index in [0.29, 0.717) is 6.54 Å². The van der Waals surface area contributed by atoms with E-state index >= 15 is 0 Å². The third-order valence-electron chi connectivity index (χ3n) is 5.17. The zero-order valence-corrected chi connectivity index (χ0v) is 16.8. The molecule has 2 unspecified atom stereocenters. The molecule has 0 N–H and O–H groups in total. The number of hydrogen-bond acceptors (Lipinski definition) is 3. The molecule has 1 aromatic heterocycles. The van der Waals surface area contributed by atoms with Crippen LogP contribution in [0.3, 0.4) is 0 Å². The Kier molecular flexibility index (Phi) is 5.81. The van der Waals surface area contributed by atoms with Gasteiger partial charge in [0.15, 0.2) is 0 Å². The van der Waals surface area contributed by atoms with E-state index in [9.17, 15) is 9.59 Å². The lowest BCUT2D eigenvalue weighted by Gasteiger charge is -2.39. The Morgan fingerprint density at radius 3 is 2.76 bits per heavy atom. The molecule has 0 bridgehead atoms. The van der Waals surface area contributed by atoms with Crippen LogP contribution in [0.4, 0.5) is 0 Å². The van der Waals surface area contributed by atoms with Gasteiger partial charge in [-0.3, -0.25) is 14.3 Å². The molecule has 7 heteroatoms. The Morgan fingerprint density at radius 2 is 2.08 bits per heavy atom. The van der Waals surface area contributed by atoms with Crippen LogP contribution < -0.4 is 0 Å². The van der Waals surface area contributed by atoms with E-state index in [-0.39, 0.29) is 23.8 Å². The molecule has 6 nitrogen and oxygen atoms in total. The maximum atomic E-state index is 13.2. The van der Waals surface area contributed by atoms with Crippen molar-refractivity contribution in [3.8, 4) is 0 Å². The molecular formula is C18H25IN4O2. The number of amides is 2. The number of carbonyl (C=O) groups excluding carboxylic acids is 2. The fourth-order valence-corrected chi connectivity index (χ4v) is 4.80. The number of carbonyl (C=O) groups is 2. The summed E-state index contributed by atoms with van der Waals surface area (Å²) in [7, 11) is 1.92. The van der Waals surface area contributed by atoms with E-state index in [1.807, 2.05) is 22.8 Å². The zero-order valence-electron chi connectivity index (χ0n) is 14.7. The van der Waals surface area contributed by atoms with Crippen molar-refractivity contribution in [2.24, 2.45) is 13.0 Å². The molecule has 136 valence electrons. The Balaban J connectivity index is 1.78. The zero-order chi connectivity index (χ0) is 18.0. The first-order chi connectivity index (χ1) is 12.0. The predicted molar refractivity (Wildman–Crippen MR) is 104 cm³/mol. The van der Waals surface area contributed by atoms with Gasteiger partial charge in [-0.25, -0.2) is 0 Å². The van der Waals surface area contributed by atoms with Gasteiger partial charge in [-0.1, -0.05) is 6.58 Å². The van der Waals surface area contributed by atoms with Crippen molar-refractivity contribution >= 4 is 34.4 Å². The second kappa shape index (κ2) is 7.88. The Labute approximate surface area is 162 Å².